The second-order valence-corrected chi connectivity index (χ2v) is 14.6. The van der Waals surface area contributed by atoms with Crippen molar-refractivity contribution in [1.29, 1.82) is 0 Å². The lowest BCUT2D eigenvalue weighted by atomic mass is 10.1. The van der Waals surface area contributed by atoms with Crippen LogP contribution in [0, 0.1) is 0 Å². The van der Waals surface area contributed by atoms with Crippen molar-refractivity contribution in [3.63, 3.8) is 0 Å². The monoisotopic (exact) mass is 824 g/mol. The number of hydrogen-bond donors (Lipinski definition) is 2. The Labute approximate surface area is 316 Å². The first-order valence-corrected chi connectivity index (χ1v) is 20.0. The van der Waals surface area contributed by atoms with Gasteiger partial charge in [0.1, 0.15) is 0 Å². The molecule has 0 aromatic heterocycles. The van der Waals surface area contributed by atoms with E-state index in [-0.39, 0.29) is 21.5 Å². The van der Waals surface area contributed by atoms with Gasteiger partial charge in [-0.1, -0.05) is 105 Å². The fourth-order valence-corrected chi connectivity index (χ4v) is 6.68. The molecule has 2 aromatic carbocycles. The van der Waals surface area contributed by atoms with Gasteiger partial charge in [0.05, 0.1) is 62.5 Å². The van der Waals surface area contributed by atoms with Gasteiger partial charge in [0.25, 0.3) is 0 Å². The van der Waals surface area contributed by atoms with Crippen LogP contribution in [0.4, 0.5) is 0 Å². The topological polar surface area (TPSA) is 102 Å². The number of ether oxygens (including phenoxy) is 4. The molecule has 0 aliphatic carbocycles. The van der Waals surface area contributed by atoms with Gasteiger partial charge in [0.2, 0.25) is 11.8 Å². The minimum atomic E-state index is -0.243. The normalized spacial score (nSPS) is 17.4. The number of rotatable bonds is 16. The predicted octanol–water partition coefficient (Wildman–Crippen LogP) is 5.17. The smallest absolute Gasteiger partial charge is 0.236 e. The van der Waals surface area contributed by atoms with Crippen LogP contribution in [0.3, 0.4) is 0 Å². The molecule has 3 rings (SSSR count). The van der Waals surface area contributed by atoms with E-state index < -0.39 is 0 Å². The van der Waals surface area contributed by atoms with Crippen LogP contribution in [0.5, 0.6) is 0 Å². The lowest BCUT2D eigenvalue weighted by molar-refractivity contribution is -0.133. The summed E-state index contributed by atoms with van der Waals surface area (Å²) in [6.45, 7) is 8.81. The van der Waals surface area contributed by atoms with Crippen molar-refractivity contribution in [3.8, 4) is 0 Å². The number of unbranched alkanes of at least 4 members (excludes halogenated alkanes) is 2. The summed E-state index contributed by atoms with van der Waals surface area (Å²) in [5.41, 5.74) is 2.55. The number of alkyl halides is 2. The molecule has 1 aliphatic rings. The highest BCUT2D eigenvalue weighted by Crippen LogP contribution is 2.15. The number of hydrogen-bond acceptors (Lipinski definition) is 8. The van der Waals surface area contributed by atoms with Crippen molar-refractivity contribution in [2.75, 3.05) is 92.1 Å². The first-order valence-electron chi connectivity index (χ1n) is 18.2. The summed E-state index contributed by atoms with van der Waals surface area (Å²) in [7, 11) is 0. The lowest BCUT2D eigenvalue weighted by Crippen LogP contribution is -2.42. The number of benzene rings is 2. The van der Waals surface area contributed by atoms with Gasteiger partial charge in [-0.2, -0.15) is 0 Å². The maximum Gasteiger partial charge on any atom is 0.236 e. The van der Waals surface area contributed by atoms with E-state index in [4.69, 9.17) is 18.9 Å². The Morgan fingerprint density at radius 2 is 0.880 bits per heavy atom. The second kappa shape index (κ2) is 27.7. The summed E-state index contributed by atoms with van der Waals surface area (Å²) in [5, 5.41) is 6.95. The van der Waals surface area contributed by atoms with Gasteiger partial charge in [0.15, 0.2) is 0 Å². The Morgan fingerprint density at radius 3 is 1.22 bits per heavy atom. The maximum atomic E-state index is 13.3. The molecular weight excluding hydrogens is 768 g/mol. The van der Waals surface area contributed by atoms with Crippen molar-refractivity contribution in [1.82, 2.24) is 20.4 Å². The van der Waals surface area contributed by atoms with Crippen molar-refractivity contribution in [3.05, 3.63) is 71.8 Å². The third-order valence-corrected chi connectivity index (χ3v) is 10.1. The molecule has 2 N–H and O–H groups in total. The first-order chi connectivity index (χ1) is 24.5. The number of carbonyl (C=O) groups is 2. The van der Waals surface area contributed by atoms with E-state index in [2.05, 4.69) is 91.0 Å². The van der Waals surface area contributed by atoms with Gasteiger partial charge in [-0.3, -0.25) is 9.59 Å². The zero-order chi connectivity index (χ0) is 35.5. The number of halogens is 2. The van der Waals surface area contributed by atoms with E-state index >= 15 is 0 Å². The van der Waals surface area contributed by atoms with Crippen molar-refractivity contribution < 1.29 is 28.5 Å². The highest BCUT2D eigenvalue weighted by molar-refractivity contribution is 9.10. The molecule has 280 valence electrons. The SMILES string of the molecule is O=C(C(Br)CCCCNCc1ccccc1)N1CCOCCOCCN(C(=O)C(Br)CCCCNCc2ccccc2)CCOCCOCC1. The average Bonchev–Trinajstić information content (AvgIpc) is 3.14. The Morgan fingerprint density at radius 1 is 0.540 bits per heavy atom. The van der Waals surface area contributed by atoms with Gasteiger partial charge < -0.3 is 39.4 Å². The van der Waals surface area contributed by atoms with Crippen LogP contribution in [0.2, 0.25) is 0 Å². The van der Waals surface area contributed by atoms with Crippen molar-refractivity contribution in [2.24, 2.45) is 0 Å². The fourth-order valence-electron chi connectivity index (χ4n) is 5.45. The molecule has 2 aromatic rings. The summed E-state index contributed by atoms with van der Waals surface area (Å²) in [5.74, 6) is 0.122. The Hall–Kier alpha value is -1.90. The average molecular weight is 827 g/mol. The van der Waals surface area contributed by atoms with Gasteiger partial charge in [-0.15, -0.1) is 0 Å². The zero-order valence-corrected chi connectivity index (χ0v) is 32.8. The van der Waals surface area contributed by atoms with E-state index in [0.717, 1.165) is 64.7 Å². The van der Waals surface area contributed by atoms with Crippen molar-refractivity contribution in [2.45, 2.75) is 61.3 Å². The van der Waals surface area contributed by atoms with Gasteiger partial charge in [0, 0.05) is 39.3 Å². The molecule has 0 bridgehead atoms. The highest BCUT2D eigenvalue weighted by Gasteiger charge is 2.23. The van der Waals surface area contributed by atoms with Crippen LogP contribution in [0.15, 0.2) is 60.7 Å². The quantitative estimate of drug-likeness (QED) is 0.177. The minimum Gasteiger partial charge on any atom is -0.377 e. The summed E-state index contributed by atoms with van der Waals surface area (Å²) in [4.78, 5) is 29.7. The zero-order valence-electron chi connectivity index (χ0n) is 29.6. The third-order valence-electron chi connectivity index (χ3n) is 8.39. The van der Waals surface area contributed by atoms with Gasteiger partial charge >= 0.3 is 0 Å². The number of carbonyl (C=O) groups excluding carboxylic acids is 2. The lowest BCUT2D eigenvalue weighted by Gasteiger charge is -2.26. The molecule has 1 aliphatic heterocycles. The van der Waals surface area contributed by atoms with Crippen LogP contribution in [0.25, 0.3) is 0 Å². The molecule has 10 nitrogen and oxygen atoms in total. The van der Waals surface area contributed by atoms with Crippen LogP contribution < -0.4 is 10.6 Å². The summed E-state index contributed by atoms with van der Waals surface area (Å²) in [6, 6.07) is 20.7. The highest BCUT2D eigenvalue weighted by atomic mass is 79.9. The van der Waals surface area contributed by atoms with Crippen LogP contribution in [-0.4, -0.2) is 123 Å². The third kappa shape index (κ3) is 19.1. The maximum absolute atomic E-state index is 13.3. The number of nitrogens with zero attached hydrogens (tertiary/aromatic N) is 2. The predicted molar refractivity (Wildman–Crippen MR) is 206 cm³/mol. The molecule has 1 fully saturated rings. The van der Waals surface area contributed by atoms with E-state index in [9.17, 15) is 9.59 Å². The van der Waals surface area contributed by atoms with E-state index in [0.29, 0.717) is 79.0 Å². The molecular formula is C38H58Br2N4O6. The molecule has 12 heteroatoms. The number of amides is 2. The minimum absolute atomic E-state index is 0.0610. The largest absolute Gasteiger partial charge is 0.377 e. The molecule has 2 atom stereocenters. The molecule has 0 spiro atoms. The fraction of sp³-hybridized carbons (Fsp3) is 0.632. The molecule has 0 radical (unpaired) electrons. The van der Waals surface area contributed by atoms with Gasteiger partial charge in [-0.25, -0.2) is 0 Å². The van der Waals surface area contributed by atoms with Gasteiger partial charge in [-0.05, 0) is 49.9 Å². The second-order valence-electron chi connectivity index (χ2n) is 12.4. The molecule has 1 saturated heterocycles. The molecule has 50 heavy (non-hydrogen) atoms. The van der Waals surface area contributed by atoms with Crippen LogP contribution >= 0.6 is 31.9 Å². The molecule has 1 heterocycles. The standard InChI is InChI=1S/C38H58Br2N4O6/c39-35(15-7-9-17-41-31-33-11-3-1-4-12-33)37(45)43-19-23-47-27-29-49-25-21-44(22-26-50-30-28-48-24-20-43)38(46)36(40)16-8-10-18-42-32-34-13-5-2-6-14-34/h1-6,11-14,35-36,41-42H,7-10,15-32H2. The van der Waals surface area contributed by atoms with Crippen LogP contribution in [0.1, 0.15) is 49.7 Å². The molecule has 2 amide bonds. The van der Waals surface area contributed by atoms with E-state index in [1.54, 1.807) is 0 Å². The van der Waals surface area contributed by atoms with Crippen molar-refractivity contribution >= 4 is 43.7 Å². The number of nitrogens with one attached hydrogen (secondary N) is 2. The van der Waals surface area contributed by atoms with E-state index in [1.807, 2.05) is 21.9 Å². The first kappa shape index (κ1) is 42.5. The summed E-state index contributed by atoms with van der Waals surface area (Å²) >= 11 is 7.27. The Kier molecular flexibility index (Phi) is 23.6. The molecule has 0 saturated carbocycles. The van der Waals surface area contributed by atoms with E-state index in [1.165, 1.54) is 11.1 Å². The summed E-state index contributed by atoms with van der Waals surface area (Å²) < 4.78 is 23.3. The Bertz CT molecular complexity index is 1040. The summed E-state index contributed by atoms with van der Waals surface area (Å²) in [6.07, 6.45) is 5.45. The molecule has 2 unspecified atom stereocenters. The Balaban J connectivity index is 1.31. The van der Waals surface area contributed by atoms with Crippen LogP contribution in [-0.2, 0) is 41.6 Å².